The number of halogens is 2. The Hall–Kier alpha value is -1.05. The van der Waals surface area contributed by atoms with Crippen molar-refractivity contribution in [3.8, 4) is 0 Å². The molecule has 19 heavy (non-hydrogen) atoms. The largest absolute Gasteiger partial charge is 0.389 e. The average Bonchev–Trinajstić information content (AvgIpc) is 2.78. The summed E-state index contributed by atoms with van der Waals surface area (Å²) in [6.45, 7) is -0.189. The zero-order valence-electron chi connectivity index (χ0n) is 10.2. The van der Waals surface area contributed by atoms with Crippen molar-refractivity contribution in [3.63, 3.8) is 0 Å². The number of aliphatic hydroxyl groups is 1. The second kappa shape index (κ2) is 5.15. The lowest BCUT2D eigenvalue weighted by Crippen LogP contribution is -2.40. The zero-order valence-corrected chi connectivity index (χ0v) is 11.0. The predicted molar refractivity (Wildman–Crippen MR) is 65.0 cm³/mol. The third-order valence-electron chi connectivity index (χ3n) is 3.31. The van der Waals surface area contributed by atoms with Crippen LogP contribution in [-0.2, 0) is 10.0 Å². The van der Waals surface area contributed by atoms with Crippen LogP contribution in [-0.4, -0.2) is 25.7 Å². The molecule has 0 radical (unpaired) electrons. The van der Waals surface area contributed by atoms with Gasteiger partial charge in [-0.1, -0.05) is 12.8 Å². The Morgan fingerprint density at radius 1 is 1.26 bits per heavy atom. The number of sulfonamides is 1. The summed E-state index contributed by atoms with van der Waals surface area (Å²) in [4.78, 5) is -0.742. The zero-order chi connectivity index (χ0) is 14.1. The summed E-state index contributed by atoms with van der Waals surface area (Å²) < 4.78 is 52.3. The summed E-state index contributed by atoms with van der Waals surface area (Å²) in [6.07, 6.45) is 2.65. The molecule has 2 rings (SSSR count). The highest BCUT2D eigenvalue weighted by Crippen LogP contribution is 2.29. The van der Waals surface area contributed by atoms with Gasteiger partial charge in [0, 0.05) is 6.54 Å². The van der Waals surface area contributed by atoms with Gasteiger partial charge in [0.25, 0.3) is 0 Å². The van der Waals surface area contributed by atoms with Crippen LogP contribution in [0.1, 0.15) is 25.7 Å². The van der Waals surface area contributed by atoms with Crippen molar-refractivity contribution in [1.29, 1.82) is 0 Å². The molecule has 1 fully saturated rings. The van der Waals surface area contributed by atoms with E-state index < -0.39 is 32.2 Å². The number of nitrogens with one attached hydrogen (secondary N) is 1. The van der Waals surface area contributed by atoms with E-state index in [1.54, 1.807) is 0 Å². The molecule has 106 valence electrons. The Kier molecular flexibility index (Phi) is 3.89. The third-order valence-corrected chi connectivity index (χ3v) is 4.72. The third kappa shape index (κ3) is 3.29. The number of rotatable bonds is 4. The van der Waals surface area contributed by atoms with Crippen molar-refractivity contribution in [3.05, 3.63) is 29.8 Å². The minimum absolute atomic E-state index is 0.189. The maximum absolute atomic E-state index is 13.4. The molecule has 1 aliphatic rings. The molecule has 0 bridgehead atoms. The summed E-state index contributed by atoms with van der Waals surface area (Å²) in [5.74, 6) is -1.85. The van der Waals surface area contributed by atoms with Crippen LogP contribution >= 0.6 is 0 Å². The summed E-state index contributed by atoms with van der Waals surface area (Å²) in [7, 11) is -4.16. The van der Waals surface area contributed by atoms with Gasteiger partial charge >= 0.3 is 0 Å². The average molecular weight is 291 g/mol. The van der Waals surface area contributed by atoms with E-state index in [1.807, 2.05) is 0 Å². The highest BCUT2D eigenvalue weighted by atomic mass is 32.2. The van der Waals surface area contributed by atoms with Gasteiger partial charge in [-0.3, -0.25) is 0 Å². The molecule has 1 saturated carbocycles. The molecule has 0 aromatic heterocycles. The molecule has 1 aromatic carbocycles. The van der Waals surface area contributed by atoms with Crippen LogP contribution in [0.25, 0.3) is 0 Å². The fourth-order valence-corrected chi connectivity index (χ4v) is 3.41. The minimum Gasteiger partial charge on any atom is -0.389 e. The van der Waals surface area contributed by atoms with E-state index >= 15 is 0 Å². The lowest BCUT2D eigenvalue weighted by Gasteiger charge is -2.22. The van der Waals surface area contributed by atoms with E-state index in [0.29, 0.717) is 18.9 Å². The smallest absolute Gasteiger partial charge is 0.243 e. The molecule has 7 heteroatoms. The normalized spacial score (nSPS) is 18.7. The van der Waals surface area contributed by atoms with Gasteiger partial charge < -0.3 is 5.11 Å². The fraction of sp³-hybridized carbons (Fsp3) is 0.500. The van der Waals surface area contributed by atoms with Gasteiger partial charge in [0.15, 0.2) is 0 Å². The van der Waals surface area contributed by atoms with E-state index in [0.717, 1.165) is 25.0 Å². The van der Waals surface area contributed by atoms with Gasteiger partial charge in [0.1, 0.15) is 16.5 Å². The summed E-state index contributed by atoms with van der Waals surface area (Å²) in [5.41, 5.74) is -1.09. The van der Waals surface area contributed by atoms with Crippen molar-refractivity contribution in [2.75, 3.05) is 6.54 Å². The lowest BCUT2D eigenvalue weighted by molar-refractivity contribution is 0.0531. The first-order valence-electron chi connectivity index (χ1n) is 6.00. The van der Waals surface area contributed by atoms with E-state index in [2.05, 4.69) is 4.72 Å². The maximum Gasteiger partial charge on any atom is 0.243 e. The van der Waals surface area contributed by atoms with Crippen molar-refractivity contribution in [2.45, 2.75) is 36.2 Å². The first-order chi connectivity index (χ1) is 8.82. The standard InChI is InChI=1S/C12H15F2NO3S/c13-9-3-4-10(14)11(7-9)19(17,18)15-8-12(16)5-1-2-6-12/h3-4,7,15-16H,1-2,5-6,8H2. The van der Waals surface area contributed by atoms with Gasteiger partial charge in [0.05, 0.1) is 5.60 Å². The first kappa shape index (κ1) is 14.4. The fourth-order valence-electron chi connectivity index (χ4n) is 2.20. The lowest BCUT2D eigenvalue weighted by atomic mass is 10.0. The van der Waals surface area contributed by atoms with Crippen molar-refractivity contribution in [2.24, 2.45) is 0 Å². The summed E-state index contributed by atoms with van der Waals surface area (Å²) >= 11 is 0. The monoisotopic (exact) mass is 291 g/mol. The molecule has 0 amide bonds. The number of hydrogen-bond acceptors (Lipinski definition) is 3. The van der Waals surface area contributed by atoms with Crippen molar-refractivity contribution in [1.82, 2.24) is 4.72 Å². The minimum atomic E-state index is -4.16. The van der Waals surface area contributed by atoms with E-state index in [9.17, 15) is 22.3 Å². The molecule has 0 atom stereocenters. The van der Waals surface area contributed by atoms with Crippen LogP contribution < -0.4 is 4.72 Å². The maximum atomic E-state index is 13.4. The van der Waals surface area contributed by atoms with Gasteiger partial charge in [-0.05, 0) is 31.0 Å². The van der Waals surface area contributed by atoms with Crippen LogP contribution in [0.4, 0.5) is 8.78 Å². The summed E-state index contributed by atoms with van der Waals surface area (Å²) in [5, 5.41) is 10.0. The second-order valence-electron chi connectivity index (χ2n) is 4.83. The topological polar surface area (TPSA) is 66.4 Å². The van der Waals surface area contributed by atoms with E-state index in [-0.39, 0.29) is 6.54 Å². The van der Waals surface area contributed by atoms with Crippen molar-refractivity contribution >= 4 is 10.0 Å². The molecular formula is C12H15F2NO3S. The molecule has 4 nitrogen and oxygen atoms in total. The highest BCUT2D eigenvalue weighted by molar-refractivity contribution is 7.89. The Morgan fingerprint density at radius 2 is 1.89 bits per heavy atom. The van der Waals surface area contributed by atoms with Crippen LogP contribution in [0.2, 0.25) is 0 Å². The Labute approximate surface area is 110 Å². The van der Waals surface area contributed by atoms with Crippen LogP contribution in [0, 0.1) is 11.6 Å². The van der Waals surface area contributed by atoms with E-state index in [1.165, 1.54) is 0 Å². The molecule has 0 spiro atoms. The summed E-state index contributed by atoms with van der Waals surface area (Å²) in [6, 6.07) is 2.23. The highest BCUT2D eigenvalue weighted by Gasteiger charge is 2.33. The molecule has 0 unspecified atom stereocenters. The molecular weight excluding hydrogens is 276 g/mol. The quantitative estimate of drug-likeness (QED) is 0.884. The predicted octanol–water partition coefficient (Wildman–Crippen LogP) is 1.55. The molecule has 1 aromatic rings. The van der Waals surface area contributed by atoms with Gasteiger partial charge in [-0.15, -0.1) is 0 Å². The van der Waals surface area contributed by atoms with Crippen LogP contribution in [0.15, 0.2) is 23.1 Å². The Balaban J connectivity index is 2.16. The van der Waals surface area contributed by atoms with Crippen LogP contribution in [0.5, 0.6) is 0 Å². The van der Waals surface area contributed by atoms with Gasteiger partial charge in [0.2, 0.25) is 10.0 Å². The molecule has 2 N–H and O–H groups in total. The van der Waals surface area contributed by atoms with Gasteiger partial charge in [-0.25, -0.2) is 21.9 Å². The first-order valence-corrected chi connectivity index (χ1v) is 7.48. The molecule has 0 saturated heterocycles. The van der Waals surface area contributed by atoms with E-state index in [4.69, 9.17) is 0 Å². The Morgan fingerprint density at radius 3 is 2.53 bits per heavy atom. The SMILES string of the molecule is O=S(=O)(NCC1(O)CCCC1)c1cc(F)ccc1F. The molecule has 0 aliphatic heterocycles. The van der Waals surface area contributed by atoms with Crippen molar-refractivity contribution < 1.29 is 22.3 Å². The number of benzene rings is 1. The van der Waals surface area contributed by atoms with Crippen LogP contribution in [0.3, 0.4) is 0 Å². The second-order valence-corrected chi connectivity index (χ2v) is 6.57. The number of hydrogen-bond donors (Lipinski definition) is 2. The molecule has 1 aliphatic carbocycles. The molecule has 0 heterocycles. The Bertz CT molecular complexity index is 568. The van der Waals surface area contributed by atoms with Gasteiger partial charge in [-0.2, -0.15) is 0 Å².